The van der Waals surface area contributed by atoms with E-state index in [0.717, 1.165) is 17.7 Å². The Bertz CT molecular complexity index is 414. The van der Waals surface area contributed by atoms with Crippen molar-refractivity contribution in [2.24, 2.45) is 0 Å². The second-order valence-corrected chi connectivity index (χ2v) is 4.37. The van der Waals surface area contributed by atoms with Crippen LogP contribution in [0.1, 0.15) is 43.4 Å². The molecule has 0 saturated heterocycles. The van der Waals surface area contributed by atoms with Gasteiger partial charge in [0.25, 0.3) is 0 Å². The minimum Gasteiger partial charge on any atom is -0.324 e. The van der Waals surface area contributed by atoms with Crippen molar-refractivity contribution in [2.45, 2.75) is 32.2 Å². The molecule has 2 rings (SSSR count). The van der Waals surface area contributed by atoms with E-state index in [0.29, 0.717) is 5.92 Å². The summed E-state index contributed by atoms with van der Waals surface area (Å²) < 4.78 is 0. The van der Waals surface area contributed by atoms with Gasteiger partial charge in [0.2, 0.25) is 5.91 Å². The standard InChI is InChI=1S/C13H18N2O/c1-4-8(2)9-5-6-11-10(7-9)12(14-3)13(16)15-11/h5-8,12,14H,4H2,1-3H3,(H,15,16). The quantitative estimate of drug-likeness (QED) is 0.818. The van der Waals surface area contributed by atoms with Gasteiger partial charge >= 0.3 is 0 Å². The Kier molecular flexibility index (Phi) is 2.97. The van der Waals surface area contributed by atoms with Crippen LogP contribution in [0.5, 0.6) is 0 Å². The van der Waals surface area contributed by atoms with E-state index in [1.807, 2.05) is 13.1 Å². The lowest BCUT2D eigenvalue weighted by atomic mass is 9.95. The van der Waals surface area contributed by atoms with E-state index in [-0.39, 0.29) is 11.9 Å². The van der Waals surface area contributed by atoms with Crippen LogP contribution in [0.3, 0.4) is 0 Å². The second kappa shape index (κ2) is 4.26. The fraction of sp³-hybridized carbons (Fsp3) is 0.462. The number of amides is 1. The van der Waals surface area contributed by atoms with Gasteiger partial charge in [0.05, 0.1) is 0 Å². The molecule has 0 fully saturated rings. The van der Waals surface area contributed by atoms with Crippen molar-refractivity contribution >= 4 is 11.6 Å². The first-order valence-corrected chi connectivity index (χ1v) is 5.79. The van der Waals surface area contributed by atoms with Gasteiger partial charge in [0.1, 0.15) is 6.04 Å². The van der Waals surface area contributed by atoms with Crippen molar-refractivity contribution < 1.29 is 4.79 Å². The zero-order valence-corrected chi connectivity index (χ0v) is 10.0. The lowest BCUT2D eigenvalue weighted by Crippen LogP contribution is -2.23. The Morgan fingerprint density at radius 2 is 2.25 bits per heavy atom. The highest BCUT2D eigenvalue weighted by Crippen LogP contribution is 2.33. The fourth-order valence-corrected chi connectivity index (χ4v) is 2.11. The molecule has 86 valence electrons. The Hall–Kier alpha value is -1.35. The molecule has 0 spiro atoms. The molecular formula is C13H18N2O. The number of carbonyl (C=O) groups excluding carboxylic acids is 1. The third kappa shape index (κ3) is 1.71. The molecule has 1 heterocycles. The maximum Gasteiger partial charge on any atom is 0.246 e. The number of hydrogen-bond donors (Lipinski definition) is 2. The van der Waals surface area contributed by atoms with Gasteiger partial charge in [0.15, 0.2) is 0 Å². The van der Waals surface area contributed by atoms with Crippen molar-refractivity contribution in [2.75, 3.05) is 12.4 Å². The maximum absolute atomic E-state index is 11.6. The van der Waals surface area contributed by atoms with Gasteiger partial charge in [-0.2, -0.15) is 0 Å². The summed E-state index contributed by atoms with van der Waals surface area (Å²) in [5, 5.41) is 5.92. The van der Waals surface area contributed by atoms with Crippen LogP contribution in [0, 0.1) is 0 Å². The molecule has 1 aliphatic heterocycles. The van der Waals surface area contributed by atoms with E-state index in [2.05, 4.69) is 36.6 Å². The highest BCUT2D eigenvalue weighted by molar-refractivity contribution is 6.02. The Morgan fingerprint density at radius 1 is 1.50 bits per heavy atom. The van der Waals surface area contributed by atoms with Gasteiger partial charge < -0.3 is 10.6 Å². The predicted octanol–water partition coefficient (Wildman–Crippen LogP) is 2.41. The SMILES string of the molecule is CCC(C)c1ccc2c(c1)C(NC)C(=O)N2. The molecule has 2 N–H and O–H groups in total. The van der Waals surface area contributed by atoms with Crippen molar-refractivity contribution in [3.05, 3.63) is 29.3 Å². The number of fused-ring (bicyclic) bond motifs is 1. The monoisotopic (exact) mass is 218 g/mol. The lowest BCUT2D eigenvalue weighted by molar-refractivity contribution is -0.117. The van der Waals surface area contributed by atoms with Crippen LogP contribution in [0.15, 0.2) is 18.2 Å². The summed E-state index contributed by atoms with van der Waals surface area (Å²) in [6.07, 6.45) is 1.12. The Morgan fingerprint density at radius 3 is 2.88 bits per heavy atom. The number of rotatable bonds is 3. The van der Waals surface area contributed by atoms with Gasteiger partial charge in [-0.25, -0.2) is 0 Å². The molecule has 3 heteroatoms. The number of nitrogens with one attached hydrogen (secondary N) is 2. The maximum atomic E-state index is 11.6. The number of hydrogen-bond acceptors (Lipinski definition) is 2. The van der Waals surface area contributed by atoms with Gasteiger partial charge in [-0.15, -0.1) is 0 Å². The van der Waals surface area contributed by atoms with Crippen LogP contribution in [0.4, 0.5) is 5.69 Å². The van der Waals surface area contributed by atoms with Crippen molar-refractivity contribution in [1.82, 2.24) is 5.32 Å². The van der Waals surface area contributed by atoms with E-state index < -0.39 is 0 Å². The topological polar surface area (TPSA) is 41.1 Å². The summed E-state index contributed by atoms with van der Waals surface area (Å²) in [6, 6.07) is 6.05. The predicted molar refractivity (Wildman–Crippen MR) is 65.6 cm³/mol. The largest absolute Gasteiger partial charge is 0.324 e. The van der Waals surface area contributed by atoms with Gasteiger partial charge in [-0.1, -0.05) is 26.0 Å². The molecule has 1 aliphatic rings. The molecule has 1 aromatic carbocycles. The highest BCUT2D eigenvalue weighted by atomic mass is 16.2. The molecule has 3 nitrogen and oxygen atoms in total. The van der Waals surface area contributed by atoms with E-state index in [4.69, 9.17) is 0 Å². The van der Waals surface area contributed by atoms with Crippen LogP contribution in [0.25, 0.3) is 0 Å². The molecule has 16 heavy (non-hydrogen) atoms. The number of carbonyl (C=O) groups is 1. The smallest absolute Gasteiger partial charge is 0.246 e. The molecule has 0 aliphatic carbocycles. The average molecular weight is 218 g/mol. The summed E-state index contributed by atoms with van der Waals surface area (Å²) in [7, 11) is 1.81. The first kappa shape index (κ1) is 11.1. The van der Waals surface area contributed by atoms with E-state index in [1.54, 1.807) is 0 Å². The van der Waals surface area contributed by atoms with Crippen LogP contribution in [-0.2, 0) is 4.79 Å². The van der Waals surface area contributed by atoms with E-state index in [1.165, 1.54) is 5.56 Å². The third-order valence-corrected chi connectivity index (χ3v) is 3.38. The molecule has 0 radical (unpaired) electrons. The number of anilines is 1. The van der Waals surface area contributed by atoms with E-state index in [9.17, 15) is 4.79 Å². The zero-order valence-electron chi connectivity index (χ0n) is 10.0. The molecule has 0 aromatic heterocycles. The molecule has 0 bridgehead atoms. The first-order valence-electron chi connectivity index (χ1n) is 5.79. The van der Waals surface area contributed by atoms with E-state index >= 15 is 0 Å². The molecule has 1 aromatic rings. The molecular weight excluding hydrogens is 200 g/mol. The molecule has 2 unspecified atom stereocenters. The summed E-state index contributed by atoms with van der Waals surface area (Å²) in [4.78, 5) is 11.6. The third-order valence-electron chi connectivity index (χ3n) is 3.38. The second-order valence-electron chi connectivity index (χ2n) is 4.37. The Labute approximate surface area is 96.2 Å². The summed E-state index contributed by atoms with van der Waals surface area (Å²) in [5.41, 5.74) is 3.32. The van der Waals surface area contributed by atoms with Crippen molar-refractivity contribution in [3.63, 3.8) is 0 Å². The number of benzene rings is 1. The summed E-state index contributed by atoms with van der Waals surface area (Å²) >= 11 is 0. The molecule has 1 amide bonds. The minimum atomic E-state index is -0.195. The molecule has 2 atom stereocenters. The van der Waals surface area contributed by atoms with Crippen LogP contribution < -0.4 is 10.6 Å². The van der Waals surface area contributed by atoms with Crippen molar-refractivity contribution in [1.29, 1.82) is 0 Å². The van der Waals surface area contributed by atoms with Gasteiger partial charge in [0, 0.05) is 11.3 Å². The van der Waals surface area contributed by atoms with Gasteiger partial charge in [-0.3, -0.25) is 4.79 Å². The fourth-order valence-electron chi connectivity index (χ4n) is 2.11. The number of likely N-dealkylation sites (N-methyl/N-ethyl adjacent to an activating group) is 1. The zero-order chi connectivity index (χ0) is 11.7. The Balaban J connectivity index is 2.39. The summed E-state index contributed by atoms with van der Waals surface area (Å²) in [6.45, 7) is 4.39. The first-order chi connectivity index (χ1) is 7.67. The van der Waals surface area contributed by atoms with Gasteiger partial charge in [-0.05, 0) is 31.0 Å². The summed E-state index contributed by atoms with van der Waals surface area (Å²) in [5.74, 6) is 0.581. The highest BCUT2D eigenvalue weighted by Gasteiger charge is 2.29. The minimum absolute atomic E-state index is 0.0406. The van der Waals surface area contributed by atoms with Crippen LogP contribution in [-0.4, -0.2) is 13.0 Å². The molecule has 0 saturated carbocycles. The van der Waals surface area contributed by atoms with Crippen LogP contribution >= 0.6 is 0 Å². The normalized spacial score (nSPS) is 20.4. The lowest BCUT2D eigenvalue weighted by Gasteiger charge is -2.12. The van der Waals surface area contributed by atoms with Crippen molar-refractivity contribution in [3.8, 4) is 0 Å². The average Bonchev–Trinajstić information content (AvgIpc) is 2.62. The van der Waals surface area contributed by atoms with Crippen LogP contribution in [0.2, 0.25) is 0 Å².